The maximum atomic E-state index is 15.9. The van der Waals surface area contributed by atoms with Crippen LogP contribution in [0.15, 0.2) is 24.3 Å². The van der Waals surface area contributed by atoms with Crippen LogP contribution in [0.25, 0.3) is 11.1 Å². The molecule has 0 radical (unpaired) electrons. The van der Waals surface area contributed by atoms with Crippen LogP contribution in [-0.2, 0) is 30.2 Å². The lowest BCUT2D eigenvalue weighted by Crippen LogP contribution is -2.31. The van der Waals surface area contributed by atoms with Crippen LogP contribution in [-0.4, -0.2) is 18.4 Å². The molecule has 0 bridgehead atoms. The van der Waals surface area contributed by atoms with Gasteiger partial charge in [0.15, 0.2) is 0 Å². The zero-order chi connectivity index (χ0) is 24.5. The molecule has 36 heavy (non-hydrogen) atoms. The Kier molecular flexibility index (Phi) is 7.36. The molecule has 2 nitrogen and oxygen atoms in total. The summed E-state index contributed by atoms with van der Waals surface area (Å²) in [6.07, 6.45) is 21.9. The zero-order valence-corrected chi connectivity index (χ0v) is 23.4. The molecule has 194 valence electrons. The van der Waals surface area contributed by atoms with Crippen LogP contribution >= 0.6 is 7.14 Å². The third kappa shape index (κ3) is 4.30. The Morgan fingerprint density at radius 1 is 0.611 bits per heavy atom. The number of hydrogen-bond acceptors (Lipinski definition) is 2. The molecule has 3 heteroatoms. The second-order valence-electron chi connectivity index (χ2n) is 12.1. The second kappa shape index (κ2) is 10.7. The standard InChI is InChI=1S/C33H45O2P/c1-35-30-22-20-24-12-8-10-18-28(24)32(30)33-29-19-11-9-13-25(29)21-23-31(33)36(34,26-14-4-2-5-15-26)27-16-6-3-7-17-27/h20-23,26-27H,2-19H2,1H3. The first-order chi connectivity index (χ1) is 17.7. The average molecular weight is 505 g/mol. The average Bonchev–Trinajstić information content (AvgIpc) is 2.96. The lowest BCUT2D eigenvalue weighted by atomic mass is 9.80. The van der Waals surface area contributed by atoms with Crippen molar-refractivity contribution in [3.05, 3.63) is 46.5 Å². The number of ether oxygens (including phenoxy) is 1. The van der Waals surface area contributed by atoms with Gasteiger partial charge in [0.25, 0.3) is 0 Å². The van der Waals surface area contributed by atoms with Crippen molar-refractivity contribution >= 4 is 12.4 Å². The van der Waals surface area contributed by atoms with E-state index >= 15 is 4.57 Å². The number of aryl methyl sites for hydroxylation is 2. The Balaban J connectivity index is 1.63. The van der Waals surface area contributed by atoms with Gasteiger partial charge in [-0.1, -0.05) is 56.7 Å². The smallest absolute Gasteiger partial charge is 0.127 e. The number of hydrogen-bond donors (Lipinski definition) is 0. The largest absolute Gasteiger partial charge is 0.496 e. The predicted octanol–water partition coefficient (Wildman–Crippen LogP) is 8.77. The molecule has 0 atom stereocenters. The van der Waals surface area contributed by atoms with Gasteiger partial charge in [-0.3, -0.25) is 0 Å². The number of methoxy groups -OCH3 is 1. The molecule has 0 amide bonds. The molecule has 6 rings (SSSR count). The number of benzene rings is 2. The third-order valence-corrected chi connectivity index (χ3v) is 14.4. The first kappa shape index (κ1) is 24.8. The fraction of sp³-hybridized carbons (Fsp3) is 0.636. The van der Waals surface area contributed by atoms with E-state index in [-0.39, 0.29) is 0 Å². The maximum absolute atomic E-state index is 15.9. The monoisotopic (exact) mass is 504 g/mol. The Morgan fingerprint density at radius 3 is 1.67 bits per heavy atom. The molecule has 0 N–H and O–H groups in total. The van der Waals surface area contributed by atoms with E-state index in [1.165, 1.54) is 109 Å². The van der Waals surface area contributed by atoms with Gasteiger partial charge in [0.2, 0.25) is 0 Å². The lowest BCUT2D eigenvalue weighted by Gasteiger charge is -2.40. The molecule has 0 saturated heterocycles. The van der Waals surface area contributed by atoms with Gasteiger partial charge in [0, 0.05) is 22.2 Å². The molecular weight excluding hydrogens is 459 g/mol. The summed E-state index contributed by atoms with van der Waals surface area (Å²) in [6, 6.07) is 9.31. The maximum Gasteiger partial charge on any atom is 0.127 e. The Bertz CT molecular complexity index is 1110. The molecular formula is C33H45O2P. The SMILES string of the molecule is COc1ccc2c(c1-c1c(P(=O)(C3CCCCC3)C3CCCCC3)ccc3c1CCCC3)CCCC2. The van der Waals surface area contributed by atoms with Crippen molar-refractivity contribution in [3.8, 4) is 16.9 Å². The van der Waals surface area contributed by atoms with Crippen LogP contribution in [0.2, 0.25) is 0 Å². The summed E-state index contributed by atoms with van der Waals surface area (Å²) < 4.78 is 22.1. The van der Waals surface area contributed by atoms with Crippen LogP contribution in [0, 0.1) is 0 Å². The molecule has 0 spiro atoms. The van der Waals surface area contributed by atoms with E-state index in [1.807, 2.05) is 7.11 Å². The first-order valence-electron chi connectivity index (χ1n) is 15.2. The molecule has 0 unspecified atom stereocenters. The minimum atomic E-state index is -2.59. The highest BCUT2D eigenvalue weighted by Crippen LogP contribution is 2.64. The Hall–Kier alpha value is -1.53. The van der Waals surface area contributed by atoms with Crippen molar-refractivity contribution in [1.29, 1.82) is 0 Å². The number of fused-ring (bicyclic) bond motifs is 2. The van der Waals surface area contributed by atoms with Crippen LogP contribution in [0.1, 0.15) is 112 Å². The van der Waals surface area contributed by atoms with Crippen molar-refractivity contribution in [2.75, 3.05) is 7.11 Å². The summed E-state index contributed by atoms with van der Waals surface area (Å²) in [7, 11) is -0.755. The molecule has 4 aliphatic carbocycles. The van der Waals surface area contributed by atoms with Crippen LogP contribution in [0.5, 0.6) is 5.75 Å². The quantitative estimate of drug-likeness (QED) is 0.380. The summed E-state index contributed by atoms with van der Waals surface area (Å²) in [5.74, 6) is 1.01. The molecule has 0 aliphatic heterocycles. The van der Waals surface area contributed by atoms with Crippen LogP contribution in [0.3, 0.4) is 0 Å². The summed E-state index contributed by atoms with van der Waals surface area (Å²) >= 11 is 0. The highest BCUT2D eigenvalue weighted by Gasteiger charge is 2.45. The van der Waals surface area contributed by atoms with E-state index in [0.29, 0.717) is 11.3 Å². The second-order valence-corrected chi connectivity index (χ2v) is 15.4. The van der Waals surface area contributed by atoms with Crippen molar-refractivity contribution in [1.82, 2.24) is 0 Å². The highest BCUT2D eigenvalue weighted by atomic mass is 31.2. The van der Waals surface area contributed by atoms with Crippen molar-refractivity contribution in [3.63, 3.8) is 0 Å². The van der Waals surface area contributed by atoms with Crippen molar-refractivity contribution in [2.45, 2.75) is 127 Å². The van der Waals surface area contributed by atoms with E-state index in [1.54, 1.807) is 0 Å². The van der Waals surface area contributed by atoms with Crippen LogP contribution in [0.4, 0.5) is 0 Å². The fourth-order valence-corrected chi connectivity index (χ4v) is 12.8. The van der Waals surface area contributed by atoms with Gasteiger partial charge >= 0.3 is 0 Å². The molecule has 4 aliphatic rings. The van der Waals surface area contributed by atoms with E-state index in [4.69, 9.17) is 4.74 Å². The van der Waals surface area contributed by atoms with Gasteiger partial charge in [0.05, 0.1) is 7.11 Å². The summed E-state index contributed by atoms with van der Waals surface area (Å²) in [5.41, 5.74) is 9.48. The fourth-order valence-electron chi connectivity index (χ4n) is 8.26. The molecule has 2 saturated carbocycles. The normalized spacial score (nSPS) is 21.6. The Morgan fingerprint density at radius 2 is 1.11 bits per heavy atom. The molecule has 2 aromatic rings. The van der Waals surface area contributed by atoms with E-state index in [9.17, 15) is 0 Å². The molecule has 0 heterocycles. The van der Waals surface area contributed by atoms with Gasteiger partial charge in [0.1, 0.15) is 12.9 Å². The number of rotatable bonds is 5. The van der Waals surface area contributed by atoms with Gasteiger partial charge in [-0.25, -0.2) is 0 Å². The van der Waals surface area contributed by atoms with Gasteiger partial charge in [-0.15, -0.1) is 0 Å². The highest BCUT2D eigenvalue weighted by molar-refractivity contribution is 7.73. The predicted molar refractivity (Wildman–Crippen MR) is 153 cm³/mol. The van der Waals surface area contributed by atoms with E-state index < -0.39 is 7.14 Å². The summed E-state index contributed by atoms with van der Waals surface area (Å²) in [6.45, 7) is 0. The molecule has 2 fully saturated rings. The van der Waals surface area contributed by atoms with Gasteiger partial charge in [-0.2, -0.15) is 0 Å². The topological polar surface area (TPSA) is 26.3 Å². The van der Waals surface area contributed by atoms with E-state index in [2.05, 4.69) is 24.3 Å². The lowest BCUT2D eigenvalue weighted by molar-refractivity contribution is 0.415. The van der Waals surface area contributed by atoms with Crippen LogP contribution < -0.4 is 10.0 Å². The zero-order valence-electron chi connectivity index (χ0n) is 22.5. The summed E-state index contributed by atoms with van der Waals surface area (Å²) in [4.78, 5) is 0. The van der Waals surface area contributed by atoms with Gasteiger partial charge in [-0.05, 0) is 111 Å². The minimum absolute atomic E-state index is 0.375. The Labute approximate surface area is 219 Å². The van der Waals surface area contributed by atoms with E-state index in [0.717, 1.165) is 50.7 Å². The van der Waals surface area contributed by atoms with Crippen molar-refractivity contribution < 1.29 is 9.30 Å². The van der Waals surface area contributed by atoms with Gasteiger partial charge < -0.3 is 9.30 Å². The van der Waals surface area contributed by atoms with Crippen molar-refractivity contribution in [2.24, 2.45) is 0 Å². The molecule has 0 aromatic heterocycles. The third-order valence-electron chi connectivity index (χ3n) is 10.1. The minimum Gasteiger partial charge on any atom is -0.496 e. The first-order valence-corrected chi connectivity index (χ1v) is 17.0. The summed E-state index contributed by atoms with van der Waals surface area (Å²) in [5, 5.41) is 1.26. The molecule has 2 aromatic carbocycles.